The molecule has 0 fully saturated rings. The van der Waals surface area contributed by atoms with Gasteiger partial charge in [-0.2, -0.15) is 0 Å². The van der Waals surface area contributed by atoms with Crippen LogP contribution < -0.4 is 0 Å². The third-order valence-corrected chi connectivity index (χ3v) is 3.10. The summed E-state index contributed by atoms with van der Waals surface area (Å²) >= 11 is 0. The van der Waals surface area contributed by atoms with Crippen LogP contribution in [0.25, 0.3) is 0 Å². The molecule has 0 radical (unpaired) electrons. The Balaban J connectivity index is 2.46. The molecule has 1 aromatic rings. The Morgan fingerprint density at radius 1 is 1.07 bits per heavy atom. The monoisotopic (exact) mass is 199 g/mol. The maximum atomic E-state index is 4.10. The molecule has 0 spiro atoms. The fraction of sp³-hybridized carbons (Fsp3) is 0.286. The smallest absolute Gasteiger partial charge is 0.0145 e. The predicted octanol–water partition coefficient (Wildman–Crippen LogP) is 3.05. The second-order valence-corrected chi connectivity index (χ2v) is 4.32. The van der Waals surface area contributed by atoms with Crippen molar-refractivity contribution >= 4 is 0 Å². The maximum absolute atomic E-state index is 4.10. The molecule has 0 amide bonds. The van der Waals surface area contributed by atoms with Crippen molar-refractivity contribution in [1.82, 2.24) is 4.90 Å². The number of benzene rings is 1. The Morgan fingerprint density at radius 3 is 2.33 bits per heavy atom. The highest BCUT2D eigenvalue weighted by Crippen LogP contribution is 2.25. The average molecular weight is 199 g/mol. The summed E-state index contributed by atoms with van der Waals surface area (Å²) in [5.41, 5.74) is 6.35. The van der Waals surface area contributed by atoms with Gasteiger partial charge in [-0.3, -0.25) is 0 Å². The molecule has 1 aliphatic heterocycles. The van der Waals surface area contributed by atoms with Crippen molar-refractivity contribution in [2.45, 2.75) is 19.8 Å². The van der Waals surface area contributed by atoms with Gasteiger partial charge in [-0.15, -0.1) is 0 Å². The molecule has 15 heavy (non-hydrogen) atoms. The fourth-order valence-electron chi connectivity index (χ4n) is 1.99. The Hall–Kier alpha value is -1.50. The molecule has 0 aliphatic carbocycles. The van der Waals surface area contributed by atoms with Gasteiger partial charge in [-0.1, -0.05) is 36.9 Å². The van der Waals surface area contributed by atoms with Crippen LogP contribution in [0.3, 0.4) is 0 Å². The van der Waals surface area contributed by atoms with Crippen molar-refractivity contribution in [1.29, 1.82) is 0 Å². The second kappa shape index (κ2) is 3.58. The van der Waals surface area contributed by atoms with Crippen LogP contribution in [0.1, 0.15) is 16.7 Å². The fourth-order valence-corrected chi connectivity index (χ4v) is 1.99. The van der Waals surface area contributed by atoms with Crippen LogP contribution in [-0.4, -0.2) is 11.9 Å². The van der Waals surface area contributed by atoms with E-state index in [0.29, 0.717) is 0 Å². The van der Waals surface area contributed by atoms with Gasteiger partial charge in [-0.05, 0) is 18.1 Å². The van der Waals surface area contributed by atoms with Gasteiger partial charge in [0.15, 0.2) is 0 Å². The standard InChI is InChI=1S/C14H17N/c1-10-5-6-13-8-11(2)15(4)12(3)9-14(13)7-10/h5-7H,2-3,8-9H2,1,4H3. The summed E-state index contributed by atoms with van der Waals surface area (Å²) in [4.78, 5) is 2.11. The average Bonchev–Trinajstić information content (AvgIpc) is 2.29. The lowest BCUT2D eigenvalue weighted by Crippen LogP contribution is -2.15. The second-order valence-electron chi connectivity index (χ2n) is 4.32. The Labute approximate surface area is 91.7 Å². The number of aryl methyl sites for hydroxylation is 1. The van der Waals surface area contributed by atoms with Crippen LogP contribution >= 0.6 is 0 Å². The molecular weight excluding hydrogens is 182 g/mol. The predicted molar refractivity (Wildman–Crippen MR) is 64.6 cm³/mol. The molecule has 0 N–H and O–H groups in total. The van der Waals surface area contributed by atoms with Gasteiger partial charge in [-0.25, -0.2) is 0 Å². The van der Waals surface area contributed by atoms with Crippen LogP contribution in [0.4, 0.5) is 0 Å². The van der Waals surface area contributed by atoms with Crippen molar-refractivity contribution in [3.05, 3.63) is 59.4 Å². The number of hydrogen-bond acceptors (Lipinski definition) is 1. The molecule has 1 heterocycles. The highest BCUT2D eigenvalue weighted by Gasteiger charge is 2.15. The summed E-state index contributed by atoms with van der Waals surface area (Å²) in [6.45, 7) is 10.3. The molecule has 0 unspecified atom stereocenters. The molecule has 1 nitrogen and oxygen atoms in total. The van der Waals surface area contributed by atoms with Crippen LogP contribution in [0.2, 0.25) is 0 Å². The van der Waals surface area contributed by atoms with E-state index in [2.05, 4.69) is 43.2 Å². The van der Waals surface area contributed by atoms with Crippen molar-refractivity contribution < 1.29 is 0 Å². The van der Waals surface area contributed by atoms with E-state index >= 15 is 0 Å². The van der Waals surface area contributed by atoms with Crippen LogP contribution in [0.15, 0.2) is 42.8 Å². The molecule has 2 rings (SSSR count). The number of allylic oxidation sites excluding steroid dienone is 2. The Bertz CT molecular complexity index is 429. The molecule has 0 aromatic heterocycles. The Kier molecular flexibility index (Phi) is 2.39. The zero-order valence-electron chi connectivity index (χ0n) is 9.51. The van der Waals surface area contributed by atoms with Gasteiger partial charge >= 0.3 is 0 Å². The van der Waals surface area contributed by atoms with Crippen LogP contribution in [0, 0.1) is 6.92 Å². The lowest BCUT2D eigenvalue weighted by atomic mass is 9.99. The maximum Gasteiger partial charge on any atom is 0.0145 e. The van der Waals surface area contributed by atoms with Crippen molar-refractivity contribution in [2.75, 3.05) is 7.05 Å². The highest BCUT2D eigenvalue weighted by atomic mass is 15.1. The third-order valence-electron chi connectivity index (χ3n) is 3.10. The van der Waals surface area contributed by atoms with Gasteiger partial charge in [0.25, 0.3) is 0 Å². The molecule has 0 bridgehead atoms. The molecule has 1 aliphatic rings. The minimum Gasteiger partial charge on any atom is -0.352 e. The van der Waals surface area contributed by atoms with E-state index in [1.807, 2.05) is 7.05 Å². The lowest BCUT2D eigenvalue weighted by molar-refractivity contribution is 0.507. The quantitative estimate of drug-likeness (QED) is 0.620. The van der Waals surface area contributed by atoms with Crippen molar-refractivity contribution in [2.24, 2.45) is 0 Å². The van der Waals surface area contributed by atoms with Crippen LogP contribution in [0.5, 0.6) is 0 Å². The van der Waals surface area contributed by atoms with E-state index < -0.39 is 0 Å². The van der Waals surface area contributed by atoms with Gasteiger partial charge in [0.2, 0.25) is 0 Å². The van der Waals surface area contributed by atoms with Gasteiger partial charge in [0.1, 0.15) is 0 Å². The molecule has 1 heteroatoms. The van der Waals surface area contributed by atoms with E-state index in [-0.39, 0.29) is 0 Å². The van der Waals surface area contributed by atoms with E-state index in [4.69, 9.17) is 0 Å². The van der Waals surface area contributed by atoms with E-state index in [1.54, 1.807) is 0 Å². The summed E-state index contributed by atoms with van der Waals surface area (Å²) in [7, 11) is 2.05. The van der Waals surface area contributed by atoms with Gasteiger partial charge in [0.05, 0.1) is 0 Å². The van der Waals surface area contributed by atoms with E-state index in [1.165, 1.54) is 16.7 Å². The topological polar surface area (TPSA) is 3.24 Å². The number of fused-ring (bicyclic) bond motifs is 1. The first kappa shape index (κ1) is 10.0. The van der Waals surface area contributed by atoms with Gasteiger partial charge < -0.3 is 4.90 Å². The van der Waals surface area contributed by atoms with Crippen molar-refractivity contribution in [3.63, 3.8) is 0 Å². The largest absolute Gasteiger partial charge is 0.352 e. The first-order chi connectivity index (χ1) is 7.08. The molecular formula is C14H17N. The van der Waals surface area contributed by atoms with E-state index in [9.17, 15) is 0 Å². The lowest BCUT2D eigenvalue weighted by Gasteiger charge is -2.20. The SMILES string of the molecule is C=C1Cc2ccc(C)cc2CC(=C)N1C. The third kappa shape index (κ3) is 1.82. The number of nitrogens with zero attached hydrogens (tertiary/aromatic N) is 1. The summed E-state index contributed by atoms with van der Waals surface area (Å²) in [6.07, 6.45) is 1.87. The first-order valence-electron chi connectivity index (χ1n) is 5.25. The molecule has 0 saturated carbocycles. The summed E-state index contributed by atoms with van der Waals surface area (Å²) < 4.78 is 0. The van der Waals surface area contributed by atoms with Gasteiger partial charge in [0, 0.05) is 31.3 Å². The molecule has 78 valence electrons. The highest BCUT2D eigenvalue weighted by molar-refractivity contribution is 5.38. The summed E-state index contributed by atoms with van der Waals surface area (Å²) in [5.74, 6) is 0. The summed E-state index contributed by atoms with van der Waals surface area (Å²) in [5, 5.41) is 0. The minimum atomic E-state index is 0.936. The summed E-state index contributed by atoms with van der Waals surface area (Å²) in [6, 6.07) is 6.63. The molecule has 0 saturated heterocycles. The Morgan fingerprint density at radius 2 is 1.67 bits per heavy atom. The van der Waals surface area contributed by atoms with Crippen molar-refractivity contribution in [3.8, 4) is 0 Å². The zero-order chi connectivity index (χ0) is 11.0. The molecule has 0 atom stereocenters. The first-order valence-corrected chi connectivity index (χ1v) is 5.25. The zero-order valence-corrected chi connectivity index (χ0v) is 9.51. The number of likely N-dealkylation sites (N-methyl/N-ethyl adjacent to an activating group) is 1. The number of rotatable bonds is 0. The van der Waals surface area contributed by atoms with E-state index in [0.717, 1.165) is 24.2 Å². The van der Waals surface area contributed by atoms with Crippen LogP contribution in [-0.2, 0) is 12.8 Å². The number of hydrogen-bond donors (Lipinski definition) is 0. The molecule has 1 aromatic carbocycles. The minimum absolute atomic E-state index is 0.936. The normalized spacial score (nSPS) is 16.3.